The van der Waals surface area contributed by atoms with Crippen molar-refractivity contribution >= 4 is 12.4 Å². The van der Waals surface area contributed by atoms with E-state index in [-0.39, 0.29) is 11.5 Å². The van der Waals surface area contributed by atoms with Gasteiger partial charge in [-0.1, -0.05) is 0 Å². The van der Waals surface area contributed by atoms with Gasteiger partial charge in [0, 0.05) is 19.6 Å². The Morgan fingerprint density at radius 1 is 1.50 bits per heavy atom. The van der Waals surface area contributed by atoms with Crippen molar-refractivity contribution in [1.29, 1.82) is 0 Å². The van der Waals surface area contributed by atoms with E-state index in [2.05, 4.69) is 10.1 Å². The molecular formula is C11H22N2O3. The number of hydrogen-bond donors (Lipinski definition) is 1. The summed E-state index contributed by atoms with van der Waals surface area (Å²) in [4.78, 5) is 22.3. The van der Waals surface area contributed by atoms with Gasteiger partial charge in [0.05, 0.1) is 6.54 Å². The molecule has 94 valence electrons. The second-order valence-corrected chi connectivity index (χ2v) is 4.48. The van der Waals surface area contributed by atoms with Gasteiger partial charge in [0.25, 0.3) is 6.47 Å². The third-order valence-corrected chi connectivity index (χ3v) is 1.97. The molecule has 0 unspecified atom stereocenters. The fraction of sp³-hybridized carbons (Fsp3) is 0.818. The van der Waals surface area contributed by atoms with Gasteiger partial charge in [-0.2, -0.15) is 0 Å². The van der Waals surface area contributed by atoms with Crippen molar-refractivity contribution in [1.82, 2.24) is 10.2 Å². The number of amides is 1. The van der Waals surface area contributed by atoms with Crippen LogP contribution in [0.3, 0.4) is 0 Å². The molecule has 1 N–H and O–H groups in total. The van der Waals surface area contributed by atoms with Crippen molar-refractivity contribution in [3.8, 4) is 0 Å². The fourth-order valence-corrected chi connectivity index (χ4v) is 1.12. The molecule has 0 radical (unpaired) electrons. The molecule has 16 heavy (non-hydrogen) atoms. The Kier molecular flexibility index (Phi) is 6.72. The Hall–Kier alpha value is -1.10. The Labute approximate surface area is 97.1 Å². The normalized spacial score (nSPS) is 16.2. The lowest BCUT2D eigenvalue weighted by atomic mass is 10.2. The zero-order valence-electron chi connectivity index (χ0n) is 10.6. The van der Waals surface area contributed by atoms with Crippen molar-refractivity contribution in [2.45, 2.75) is 33.3 Å². The van der Waals surface area contributed by atoms with Crippen molar-refractivity contribution in [2.75, 3.05) is 26.2 Å². The Bertz CT molecular complexity index is 224. The summed E-state index contributed by atoms with van der Waals surface area (Å²) >= 11 is 0. The van der Waals surface area contributed by atoms with Crippen molar-refractivity contribution in [3.05, 3.63) is 0 Å². The topological polar surface area (TPSA) is 58.6 Å². The van der Waals surface area contributed by atoms with E-state index in [1.807, 2.05) is 32.6 Å². The van der Waals surface area contributed by atoms with Crippen LogP contribution in [0.1, 0.15) is 27.7 Å². The van der Waals surface area contributed by atoms with Gasteiger partial charge in [0.15, 0.2) is 0 Å². The van der Waals surface area contributed by atoms with Gasteiger partial charge in [-0.3, -0.25) is 9.59 Å². The quantitative estimate of drug-likeness (QED) is 0.697. The summed E-state index contributed by atoms with van der Waals surface area (Å²) in [6.07, 6.45) is 0. The van der Waals surface area contributed by atoms with Crippen molar-refractivity contribution < 1.29 is 14.3 Å². The molecule has 0 bridgehead atoms. The van der Waals surface area contributed by atoms with Gasteiger partial charge in [0.1, 0.15) is 5.60 Å². The number of likely N-dealkylation sites (N-methyl/N-ethyl adjacent to an activating group) is 1. The minimum Gasteiger partial charge on any atom is -0.462 e. The van der Waals surface area contributed by atoms with Gasteiger partial charge in [-0.15, -0.1) is 0 Å². The molecular weight excluding hydrogens is 208 g/mol. The Morgan fingerprint density at radius 2 is 2.12 bits per heavy atom. The molecule has 0 aromatic carbocycles. The smallest absolute Gasteiger partial charge is 0.293 e. The molecule has 1 fully saturated rings. The van der Waals surface area contributed by atoms with Crippen LogP contribution in [0, 0.1) is 0 Å². The van der Waals surface area contributed by atoms with E-state index in [0.29, 0.717) is 13.0 Å². The first-order chi connectivity index (χ1) is 7.40. The molecule has 1 amide bonds. The third kappa shape index (κ3) is 7.23. The number of ether oxygens (including phenoxy) is 1. The van der Waals surface area contributed by atoms with Crippen LogP contribution in [0.15, 0.2) is 0 Å². The van der Waals surface area contributed by atoms with Crippen LogP contribution in [-0.2, 0) is 14.3 Å². The highest BCUT2D eigenvalue weighted by Gasteiger charge is 2.14. The van der Waals surface area contributed by atoms with Crippen LogP contribution in [0.2, 0.25) is 0 Å². The SMILES string of the molecule is CC(C)(C)OC=O.CCN1CCNCC1=O. The van der Waals surface area contributed by atoms with Crippen LogP contribution < -0.4 is 5.32 Å². The standard InChI is InChI=1S/C6H12N2O.C5H10O2/c1-2-8-4-3-7-5-6(8)9;1-5(2,3)7-4-6/h7H,2-5H2,1H3;4H,1-3H3. The van der Waals surface area contributed by atoms with Crippen LogP contribution in [0.25, 0.3) is 0 Å². The third-order valence-electron chi connectivity index (χ3n) is 1.97. The number of piperazine rings is 1. The van der Waals surface area contributed by atoms with Gasteiger partial charge < -0.3 is 15.0 Å². The maximum Gasteiger partial charge on any atom is 0.293 e. The second kappa shape index (κ2) is 7.22. The maximum atomic E-state index is 10.9. The van der Waals surface area contributed by atoms with E-state index >= 15 is 0 Å². The van der Waals surface area contributed by atoms with Crippen molar-refractivity contribution in [3.63, 3.8) is 0 Å². The van der Waals surface area contributed by atoms with E-state index in [1.54, 1.807) is 0 Å². The predicted molar refractivity (Wildman–Crippen MR) is 62.0 cm³/mol. The molecule has 0 saturated carbocycles. The van der Waals surface area contributed by atoms with Gasteiger partial charge in [-0.25, -0.2) is 0 Å². The largest absolute Gasteiger partial charge is 0.462 e. The minimum absolute atomic E-state index is 0.226. The second-order valence-electron chi connectivity index (χ2n) is 4.48. The molecule has 1 heterocycles. The summed E-state index contributed by atoms with van der Waals surface area (Å²) in [6, 6.07) is 0. The molecule has 0 aromatic rings. The Balaban J connectivity index is 0.000000293. The number of nitrogens with one attached hydrogen (secondary N) is 1. The van der Waals surface area contributed by atoms with Crippen molar-refractivity contribution in [2.24, 2.45) is 0 Å². The van der Waals surface area contributed by atoms with E-state index in [4.69, 9.17) is 0 Å². The molecule has 1 aliphatic heterocycles. The van der Waals surface area contributed by atoms with E-state index in [1.165, 1.54) is 0 Å². The first-order valence-corrected chi connectivity index (χ1v) is 5.50. The molecule has 0 spiro atoms. The van der Waals surface area contributed by atoms with Crippen LogP contribution in [-0.4, -0.2) is 49.1 Å². The molecule has 1 aliphatic rings. The van der Waals surface area contributed by atoms with Gasteiger partial charge in [0.2, 0.25) is 5.91 Å². The summed E-state index contributed by atoms with van der Waals surface area (Å²) in [7, 11) is 0. The average molecular weight is 230 g/mol. The summed E-state index contributed by atoms with van der Waals surface area (Å²) in [5.41, 5.74) is -0.318. The number of carbonyl (C=O) groups excluding carboxylic acids is 2. The zero-order valence-corrected chi connectivity index (χ0v) is 10.6. The van der Waals surface area contributed by atoms with E-state index < -0.39 is 0 Å². The van der Waals surface area contributed by atoms with Crippen LogP contribution in [0.4, 0.5) is 0 Å². The number of rotatable bonds is 2. The lowest BCUT2D eigenvalue weighted by molar-refractivity contribution is -0.138. The average Bonchev–Trinajstić information content (AvgIpc) is 2.17. The summed E-state index contributed by atoms with van der Waals surface area (Å²) < 4.78 is 4.55. The van der Waals surface area contributed by atoms with Gasteiger partial charge >= 0.3 is 0 Å². The highest BCUT2D eigenvalue weighted by Crippen LogP contribution is 2.02. The maximum absolute atomic E-state index is 10.9. The predicted octanol–water partition coefficient (Wildman–Crippen LogP) is 0.396. The van der Waals surface area contributed by atoms with Gasteiger partial charge in [-0.05, 0) is 27.7 Å². The first kappa shape index (κ1) is 14.9. The fourth-order valence-electron chi connectivity index (χ4n) is 1.12. The highest BCUT2D eigenvalue weighted by molar-refractivity contribution is 5.78. The lowest BCUT2D eigenvalue weighted by Crippen LogP contribution is -2.47. The number of carbonyl (C=O) groups is 2. The van der Waals surface area contributed by atoms with E-state index in [0.717, 1.165) is 19.6 Å². The molecule has 1 saturated heterocycles. The summed E-state index contributed by atoms with van der Waals surface area (Å²) in [5.74, 6) is 0.226. The molecule has 0 aromatic heterocycles. The molecule has 5 heteroatoms. The van der Waals surface area contributed by atoms with Crippen LogP contribution in [0.5, 0.6) is 0 Å². The lowest BCUT2D eigenvalue weighted by Gasteiger charge is -2.25. The highest BCUT2D eigenvalue weighted by atomic mass is 16.5. The zero-order chi connectivity index (χ0) is 12.6. The molecule has 0 atom stereocenters. The summed E-state index contributed by atoms with van der Waals surface area (Å²) in [5, 5.41) is 3.01. The van der Waals surface area contributed by atoms with Crippen LogP contribution >= 0.6 is 0 Å². The summed E-state index contributed by atoms with van der Waals surface area (Å²) in [6.45, 7) is 11.1. The molecule has 1 rings (SSSR count). The minimum atomic E-state index is -0.318. The molecule has 5 nitrogen and oxygen atoms in total. The number of hydrogen-bond acceptors (Lipinski definition) is 4. The molecule has 0 aliphatic carbocycles. The Morgan fingerprint density at radius 3 is 2.38 bits per heavy atom. The monoisotopic (exact) mass is 230 g/mol. The first-order valence-electron chi connectivity index (χ1n) is 5.50. The van der Waals surface area contributed by atoms with E-state index in [9.17, 15) is 9.59 Å². The number of nitrogens with zero attached hydrogens (tertiary/aromatic N) is 1.